The normalized spacial score (nSPS) is 10.5. The molecule has 0 bridgehead atoms. The van der Waals surface area contributed by atoms with E-state index < -0.39 is 11.7 Å². The van der Waals surface area contributed by atoms with Gasteiger partial charge in [-0.15, -0.1) is 0 Å². The second-order valence-electron chi connectivity index (χ2n) is 3.33. The van der Waals surface area contributed by atoms with Crippen LogP contribution in [0.4, 0.5) is 0 Å². The van der Waals surface area contributed by atoms with Gasteiger partial charge in [0.15, 0.2) is 0 Å². The molecule has 16 heavy (non-hydrogen) atoms. The van der Waals surface area contributed by atoms with Gasteiger partial charge in [-0.05, 0) is 17.5 Å². The number of phenols is 3. The minimum atomic E-state index is -1.34. The van der Waals surface area contributed by atoms with E-state index in [1.807, 2.05) is 0 Å². The van der Waals surface area contributed by atoms with Gasteiger partial charge in [-0.3, -0.25) is 0 Å². The van der Waals surface area contributed by atoms with Gasteiger partial charge >= 0.3 is 5.97 Å². The lowest BCUT2D eigenvalue weighted by Gasteiger charge is -2.07. The van der Waals surface area contributed by atoms with Gasteiger partial charge in [0.05, 0.1) is 0 Å². The van der Waals surface area contributed by atoms with Crippen molar-refractivity contribution >= 4 is 16.7 Å². The summed E-state index contributed by atoms with van der Waals surface area (Å²) in [7, 11) is 0. The molecule has 5 nitrogen and oxygen atoms in total. The van der Waals surface area contributed by atoms with Gasteiger partial charge in [-0.25, -0.2) is 4.79 Å². The van der Waals surface area contributed by atoms with Crippen LogP contribution in [0.2, 0.25) is 0 Å². The summed E-state index contributed by atoms with van der Waals surface area (Å²) in [5, 5.41) is 37.5. The van der Waals surface area contributed by atoms with E-state index in [-0.39, 0.29) is 22.4 Å². The number of carboxylic acids is 1. The van der Waals surface area contributed by atoms with Gasteiger partial charge in [0.25, 0.3) is 0 Å². The number of rotatable bonds is 1. The fourth-order valence-corrected chi connectivity index (χ4v) is 1.63. The van der Waals surface area contributed by atoms with Crippen LogP contribution in [0.25, 0.3) is 10.8 Å². The predicted molar refractivity (Wildman–Crippen MR) is 55.9 cm³/mol. The van der Waals surface area contributed by atoms with Gasteiger partial charge in [-0.1, -0.05) is 6.07 Å². The summed E-state index contributed by atoms with van der Waals surface area (Å²) >= 11 is 0. The number of carboxylic acid groups (broad SMARTS) is 1. The first-order valence-electron chi connectivity index (χ1n) is 4.41. The fraction of sp³-hybridized carbons (Fsp3) is 0. The van der Waals surface area contributed by atoms with E-state index in [1.54, 1.807) is 0 Å². The maximum absolute atomic E-state index is 10.9. The number of hydrogen-bond acceptors (Lipinski definition) is 4. The Morgan fingerprint density at radius 3 is 2.31 bits per heavy atom. The summed E-state index contributed by atoms with van der Waals surface area (Å²) in [6.07, 6.45) is 0. The second kappa shape index (κ2) is 3.30. The molecule has 0 saturated heterocycles. The quantitative estimate of drug-likeness (QED) is 0.585. The molecule has 5 heteroatoms. The number of benzene rings is 2. The SMILES string of the molecule is O=C(O)c1c(O)ccc2cc(O)cc(O)c12. The molecule has 0 atom stereocenters. The van der Waals surface area contributed by atoms with Crippen LogP contribution in [0, 0.1) is 0 Å². The first kappa shape index (κ1) is 10.1. The highest BCUT2D eigenvalue weighted by Gasteiger charge is 2.17. The van der Waals surface area contributed by atoms with Crippen LogP contribution in [0.5, 0.6) is 17.2 Å². The van der Waals surface area contributed by atoms with Crippen LogP contribution >= 0.6 is 0 Å². The Labute approximate surface area is 89.8 Å². The van der Waals surface area contributed by atoms with E-state index in [9.17, 15) is 20.1 Å². The van der Waals surface area contributed by atoms with E-state index in [2.05, 4.69) is 0 Å². The lowest BCUT2D eigenvalue weighted by molar-refractivity contribution is 0.0695. The van der Waals surface area contributed by atoms with Gasteiger partial charge in [0.1, 0.15) is 22.8 Å². The van der Waals surface area contributed by atoms with Crippen molar-refractivity contribution in [3.8, 4) is 17.2 Å². The first-order valence-corrected chi connectivity index (χ1v) is 4.41. The third-order valence-corrected chi connectivity index (χ3v) is 2.27. The van der Waals surface area contributed by atoms with Crippen molar-refractivity contribution in [3.63, 3.8) is 0 Å². The van der Waals surface area contributed by atoms with Crippen LogP contribution in [-0.2, 0) is 0 Å². The highest BCUT2D eigenvalue weighted by molar-refractivity contribution is 6.08. The lowest BCUT2D eigenvalue weighted by Crippen LogP contribution is -1.98. The van der Waals surface area contributed by atoms with E-state index in [4.69, 9.17) is 5.11 Å². The second-order valence-corrected chi connectivity index (χ2v) is 3.33. The van der Waals surface area contributed by atoms with Crippen molar-refractivity contribution in [2.75, 3.05) is 0 Å². The number of fused-ring (bicyclic) bond motifs is 1. The largest absolute Gasteiger partial charge is 0.508 e. The highest BCUT2D eigenvalue weighted by Crippen LogP contribution is 2.36. The molecule has 82 valence electrons. The zero-order chi connectivity index (χ0) is 11.9. The Bertz CT molecular complexity index is 588. The monoisotopic (exact) mass is 220 g/mol. The molecule has 2 aromatic rings. The molecular formula is C11H8O5. The molecule has 0 fully saturated rings. The topological polar surface area (TPSA) is 98.0 Å². The van der Waals surface area contributed by atoms with E-state index >= 15 is 0 Å². The Morgan fingerprint density at radius 2 is 1.69 bits per heavy atom. The van der Waals surface area contributed by atoms with Gasteiger partial charge in [0.2, 0.25) is 0 Å². The molecule has 0 spiro atoms. The Morgan fingerprint density at radius 1 is 1.00 bits per heavy atom. The maximum atomic E-state index is 10.9. The number of phenolic OH excluding ortho intramolecular Hbond substituents is 2. The molecule has 0 amide bonds. The average molecular weight is 220 g/mol. The third kappa shape index (κ3) is 1.38. The molecule has 0 heterocycles. The molecular weight excluding hydrogens is 212 g/mol. The summed E-state index contributed by atoms with van der Waals surface area (Å²) in [5.74, 6) is -2.33. The molecule has 0 radical (unpaired) electrons. The van der Waals surface area contributed by atoms with Crippen molar-refractivity contribution in [3.05, 3.63) is 29.8 Å². The Balaban J connectivity index is 2.97. The van der Waals surface area contributed by atoms with Crippen molar-refractivity contribution in [2.24, 2.45) is 0 Å². The van der Waals surface area contributed by atoms with E-state index in [0.717, 1.165) is 6.07 Å². The minimum absolute atomic E-state index is 0.00491. The van der Waals surface area contributed by atoms with Gasteiger partial charge in [0, 0.05) is 11.5 Å². The molecule has 4 N–H and O–H groups in total. The zero-order valence-electron chi connectivity index (χ0n) is 8.01. The van der Waals surface area contributed by atoms with Crippen LogP contribution in [-0.4, -0.2) is 26.4 Å². The van der Waals surface area contributed by atoms with Crippen molar-refractivity contribution in [1.29, 1.82) is 0 Å². The van der Waals surface area contributed by atoms with Crippen LogP contribution < -0.4 is 0 Å². The number of hydrogen-bond donors (Lipinski definition) is 4. The fourth-order valence-electron chi connectivity index (χ4n) is 1.63. The van der Waals surface area contributed by atoms with Crippen molar-refractivity contribution < 1.29 is 25.2 Å². The molecule has 0 aliphatic rings. The lowest BCUT2D eigenvalue weighted by atomic mass is 10.0. The summed E-state index contributed by atoms with van der Waals surface area (Å²) in [4.78, 5) is 10.9. The average Bonchev–Trinajstić information content (AvgIpc) is 2.18. The number of carbonyl (C=O) groups is 1. The Hall–Kier alpha value is -2.43. The van der Waals surface area contributed by atoms with Gasteiger partial charge in [-0.2, -0.15) is 0 Å². The smallest absolute Gasteiger partial charge is 0.340 e. The first-order chi connectivity index (χ1) is 7.50. The summed E-state index contributed by atoms with van der Waals surface area (Å²) in [6, 6.07) is 4.94. The van der Waals surface area contributed by atoms with Crippen LogP contribution in [0.1, 0.15) is 10.4 Å². The molecule has 2 rings (SSSR count). The molecule has 0 saturated carbocycles. The zero-order valence-corrected chi connectivity index (χ0v) is 8.01. The summed E-state index contributed by atoms with van der Waals surface area (Å²) in [6.45, 7) is 0. The predicted octanol–water partition coefficient (Wildman–Crippen LogP) is 1.65. The van der Waals surface area contributed by atoms with Crippen molar-refractivity contribution in [2.45, 2.75) is 0 Å². The van der Waals surface area contributed by atoms with E-state index in [1.165, 1.54) is 18.2 Å². The minimum Gasteiger partial charge on any atom is -0.508 e. The standard InChI is InChI=1S/C11H8O5/c12-6-3-5-1-2-7(13)10(11(15)16)9(5)8(14)4-6/h1-4,12-14H,(H,15,16). The third-order valence-electron chi connectivity index (χ3n) is 2.27. The highest BCUT2D eigenvalue weighted by atomic mass is 16.4. The molecule has 0 aliphatic heterocycles. The number of aromatic carboxylic acids is 1. The molecule has 2 aromatic carbocycles. The Kier molecular flexibility index (Phi) is 2.09. The molecule has 0 aliphatic carbocycles. The van der Waals surface area contributed by atoms with Crippen LogP contribution in [0.3, 0.4) is 0 Å². The van der Waals surface area contributed by atoms with Crippen molar-refractivity contribution in [1.82, 2.24) is 0 Å². The molecule has 0 aromatic heterocycles. The number of aromatic hydroxyl groups is 3. The van der Waals surface area contributed by atoms with Gasteiger partial charge < -0.3 is 20.4 Å². The maximum Gasteiger partial charge on any atom is 0.340 e. The summed E-state index contributed by atoms with van der Waals surface area (Å²) in [5.41, 5.74) is -0.380. The summed E-state index contributed by atoms with van der Waals surface area (Å²) < 4.78 is 0. The van der Waals surface area contributed by atoms with Crippen LogP contribution in [0.15, 0.2) is 24.3 Å². The molecule has 0 unspecified atom stereocenters. The van der Waals surface area contributed by atoms with E-state index in [0.29, 0.717) is 5.39 Å².